The first-order chi connectivity index (χ1) is 10.3. The Hall–Kier alpha value is -2.40. The molecule has 0 radical (unpaired) electrons. The Morgan fingerprint density at radius 2 is 1.95 bits per heavy atom. The average Bonchev–Trinajstić information content (AvgIpc) is 2.94. The highest BCUT2D eigenvalue weighted by atomic mass is 32.1. The number of benzene rings is 2. The Bertz CT molecular complexity index is 773. The van der Waals surface area contributed by atoms with Crippen LogP contribution in [0.2, 0.25) is 0 Å². The van der Waals surface area contributed by atoms with Crippen LogP contribution in [0.1, 0.15) is 5.56 Å². The predicted octanol–water partition coefficient (Wildman–Crippen LogP) is 3.00. The van der Waals surface area contributed by atoms with Crippen molar-refractivity contribution in [1.82, 2.24) is 15.1 Å². The van der Waals surface area contributed by atoms with E-state index in [1.807, 2.05) is 16.9 Å². The van der Waals surface area contributed by atoms with Gasteiger partial charge >= 0.3 is 0 Å². The number of hydrogen-bond acceptors (Lipinski definition) is 2. The van der Waals surface area contributed by atoms with Crippen molar-refractivity contribution in [2.24, 2.45) is 0 Å². The minimum Gasteiger partial charge on any atom is -0.365 e. The number of rotatable bonds is 3. The molecule has 106 valence electrons. The molecule has 0 bridgehead atoms. The van der Waals surface area contributed by atoms with Gasteiger partial charge in [-0.1, -0.05) is 42.5 Å². The van der Waals surface area contributed by atoms with E-state index in [4.69, 9.17) is 12.2 Å². The summed E-state index contributed by atoms with van der Waals surface area (Å²) in [6, 6.07) is 16.6. The molecular weight excluding hydrogens is 280 g/mol. The largest absolute Gasteiger partial charge is 0.365 e. The van der Waals surface area contributed by atoms with Crippen LogP contribution in [0.4, 0.5) is 5.82 Å². The first-order valence-corrected chi connectivity index (χ1v) is 7.16. The molecule has 4 nitrogen and oxygen atoms in total. The van der Waals surface area contributed by atoms with Gasteiger partial charge in [-0.15, -0.1) is 0 Å². The molecule has 1 aromatic heterocycles. The molecule has 0 unspecified atom stereocenters. The molecule has 0 amide bonds. The van der Waals surface area contributed by atoms with Crippen molar-refractivity contribution in [2.75, 3.05) is 12.4 Å². The fourth-order valence-corrected chi connectivity index (χ4v) is 2.40. The van der Waals surface area contributed by atoms with Gasteiger partial charge in [0.25, 0.3) is 0 Å². The summed E-state index contributed by atoms with van der Waals surface area (Å²) in [5.74, 6) is 0.745. The van der Waals surface area contributed by atoms with Crippen molar-refractivity contribution >= 4 is 33.9 Å². The van der Waals surface area contributed by atoms with Crippen LogP contribution >= 0.6 is 12.2 Å². The molecule has 0 spiro atoms. The topological polar surface area (TPSA) is 41.9 Å². The summed E-state index contributed by atoms with van der Waals surface area (Å²) in [5.41, 5.74) is 1.25. The molecule has 3 aromatic rings. The first kappa shape index (κ1) is 13.6. The van der Waals surface area contributed by atoms with Gasteiger partial charge in [-0.25, -0.2) is 0 Å². The van der Waals surface area contributed by atoms with Crippen LogP contribution < -0.4 is 10.6 Å². The first-order valence-electron chi connectivity index (χ1n) is 6.75. The van der Waals surface area contributed by atoms with Gasteiger partial charge in [0.15, 0.2) is 10.9 Å². The minimum absolute atomic E-state index is 0.561. The van der Waals surface area contributed by atoms with Crippen molar-refractivity contribution in [3.63, 3.8) is 0 Å². The molecule has 0 saturated heterocycles. The van der Waals surface area contributed by atoms with Gasteiger partial charge in [-0.3, -0.25) is 4.68 Å². The second-order valence-electron chi connectivity index (χ2n) is 4.74. The number of nitrogens with one attached hydrogen (secondary N) is 2. The summed E-state index contributed by atoms with van der Waals surface area (Å²) in [7, 11) is 1.78. The van der Waals surface area contributed by atoms with Crippen LogP contribution in [0.5, 0.6) is 0 Å². The number of aromatic nitrogens is 2. The third kappa shape index (κ3) is 3.03. The van der Waals surface area contributed by atoms with E-state index in [1.54, 1.807) is 7.05 Å². The SMILES string of the molecule is CNC(=S)Nc1ccn(Cc2cccc3ccccc23)n1. The maximum absolute atomic E-state index is 5.07. The third-order valence-corrected chi connectivity index (χ3v) is 3.63. The Kier molecular flexibility index (Phi) is 3.83. The molecule has 0 aliphatic heterocycles. The second-order valence-corrected chi connectivity index (χ2v) is 5.15. The maximum atomic E-state index is 5.07. The lowest BCUT2D eigenvalue weighted by Crippen LogP contribution is -2.24. The van der Waals surface area contributed by atoms with Crippen molar-refractivity contribution in [2.45, 2.75) is 6.54 Å². The molecule has 3 rings (SSSR count). The average molecular weight is 296 g/mol. The van der Waals surface area contributed by atoms with Crippen LogP contribution in [0.15, 0.2) is 54.7 Å². The number of thiocarbonyl (C=S) groups is 1. The van der Waals surface area contributed by atoms with Gasteiger partial charge in [-0.2, -0.15) is 5.10 Å². The Balaban J connectivity index is 1.84. The highest BCUT2D eigenvalue weighted by molar-refractivity contribution is 7.80. The minimum atomic E-state index is 0.561. The Morgan fingerprint density at radius 1 is 1.14 bits per heavy atom. The van der Waals surface area contributed by atoms with Crippen LogP contribution in [0.25, 0.3) is 10.8 Å². The van der Waals surface area contributed by atoms with Crippen molar-refractivity contribution in [1.29, 1.82) is 0 Å². The molecular formula is C16H16N4S. The van der Waals surface area contributed by atoms with Gasteiger partial charge in [0, 0.05) is 19.3 Å². The van der Waals surface area contributed by atoms with E-state index < -0.39 is 0 Å². The van der Waals surface area contributed by atoms with E-state index in [0.29, 0.717) is 5.11 Å². The smallest absolute Gasteiger partial charge is 0.171 e. The normalized spacial score (nSPS) is 10.5. The lowest BCUT2D eigenvalue weighted by atomic mass is 10.0. The zero-order valence-corrected chi connectivity index (χ0v) is 12.5. The second kappa shape index (κ2) is 5.93. The van der Waals surface area contributed by atoms with Gasteiger partial charge in [0.1, 0.15) is 0 Å². The monoisotopic (exact) mass is 296 g/mol. The molecule has 0 aliphatic carbocycles. The summed E-state index contributed by atoms with van der Waals surface area (Å²) in [5, 5.41) is 13.4. The van der Waals surface area contributed by atoms with Crippen LogP contribution in [-0.2, 0) is 6.54 Å². The van der Waals surface area contributed by atoms with E-state index in [9.17, 15) is 0 Å². The molecule has 2 aromatic carbocycles. The maximum Gasteiger partial charge on any atom is 0.171 e. The van der Waals surface area contributed by atoms with Crippen LogP contribution in [-0.4, -0.2) is 21.9 Å². The lowest BCUT2D eigenvalue weighted by molar-refractivity contribution is 0.693. The molecule has 5 heteroatoms. The lowest BCUT2D eigenvalue weighted by Gasteiger charge is -2.07. The van der Waals surface area contributed by atoms with Crippen LogP contribution in [0.3, 0.4) is 0 Å². The number of anilines is 1. The van der Waals surface area contributed by atoms with E-state index >= 15 is 0 Å². The summed E-state index contributed by atoms with van der Waals surface area (Å²) < 4.78 is 1.91. The zero-order chi connectivity index (χ0) is 14.7. The fraction of sp³-hybridized carbons (Fsp3) is 0.125. The van der Waals surface area contributed by atoms with Crippen molar-refractivity contribution in [3.8, 4) is 0 Å². The van der Waals surface area contributed by atoms with E-state index in [1.165, 1.54) is 16.3 Å². The van der Waals surface area contributed by atoms with Gasteiger partial charge < -0.3 is 10.6 Å². The molecule has 21 heavy (non-hydrogen) atoms. The molecule has 0 saturated carbocycles. The van der Waals surface area contributed by atoms with E-state index in [2.05, 4.69) is 58.2 Å². The van der Waals surface area contributed by atoms with Crippen molar-refractivity contribution < 1.29 is 0 Å². The third-order valence-electron chi connectivity index (χ3n) is 3.32. The zero-order valence-electron chi connectivity index (χ0n) is 11.7. The number of hydrogen-bond donors (Lipinski definition) is 2. The van der Waals surface area contributed by atoms with E-state index in [0.717, 1.165) is 12.4 Å². The van der Waals surface area contributed by atoms with E-state index in [-0.39, 0.29) is 0 Å². The quantitative estimate of drug-likeness (QED) is 0.729. The summed E-state index contributed by atoms with van der Waals surface area (Å²) in [6.07, 6.45) is 1.95. The molecule has 0 aliphatic rings. The highest BCUT2D eigenvalue weighted by Gasteiger charge is 2.04. The molecule has 1 heterocycles. The van der Waals surface area contributed by atoms with Gasteiger partial charge in [-0.05, 0) is 28.6 Å². The summed E-state index contributed by atoms with van der Waals surface area (Å²) in [4.78, 5) is 0. The van der Waals surface area contributed by atoms with Gasteiger partial charge in [0.2, 0.25) is 0 Å². The molecule has 2 N–H and O–H groups in total. The summed E-state index contributed by atoms with van der Waals surface area (Å²) >= 11 is 5.07. The summed E-state index contributed by atoms with van der Waals surface area (Å²) in [6.45, 7) is 0.731. The standard InChI is InChI=1S/C16H16N4S/c1-17-16(21)18-15-9-10-20(19-15)11-13-7-4-6-12-5-2-3-8-14(12)13/h2-10H,11H2,1H3,(H2,17,18,19,21). The Labute approximate surface area is 128 Å². The number of nitrogens with zero attached hydrogens (tertiary/aromatic N) is 2. The Morgan fingerprint density at radius 3 is 2.81 bits per heavy atom. The highest BCUT2D eigenvalue weighted by Crippen LogP contribution is 2.19. The predicted molar refractivity (Wildman–Crippen MR) is 90.6 cm³/mol. The van der Waals surface area contributed by atoms with Gasteiger partial charge in [0.05, 0.1) is 6.54 Å². The molecule has 0 atom stereocenters. The molecule has 0 fully saturated rings. The fourth-order valence-electron chi connectivity index (χ4n) is 2.30. The number of fused-ring (bicyclic) bond motifs is 1. The van der Waals surface area contributed by atoms with Crippen LogP contribution in [0, 0.1) is 0 Å². The van der Waals surface area contributed by atoms with Crippen molar-refractivity contribution in [3.05, 3.63) is 60.3 Å².